The molecule has 0 aliphatic rings. The van der Waals surface area contributed by atoms with Crippen LogP contribution in [0.2, 0.25) is 0 Å². The van der Waals surface area contributed by atoms with Gasteiger partial charge in [0.15, 0.2) is 0 Å². The highest BCUT2D eigenvalue weighted by atomic mass is 79.9. The predicted octanol–water partition coefficient (Wildman–Crippen LogP) is 3.76. The average Bonchev–Trinajstić information content (AvgIpc) is 2.55. The minimum absolute atomic E-state index is 0.301. The molecule has 0 spiro atoms. The Balaban J connectivity index is 1.78. The highest BCUT2D eigenvalue weighted by molar-refractivity contribution is 9.10. The van der Waals surface area contributed by atoms with Crippen LogP contribution >= 0.6 is 15.9 Å². The molecule has 22 heavy (non-hydrogen) atoms. The topological polar surface area (TPSA) is 54.4 Å². The van der Waals surface area contributed by atoms with Crippen LogP contribution in [0.4, 0.5) is 0 Å². The lowest BCUT2D eigenvalue weighted by Crippen LogP contribution is -2.17. The molecule has 0 atom stereocenters. The fourth-order valence-corrected chi connectivity index (χ4v) is 2.49. The van der Waals surface area contributed by atoms with E-state index in [1.165, 1.54) is 6.20 Å². The summed E-state index contributed by atoms with van der Waals surface area (Å²) in [4.78, 5) is 15.9. The van der Waals surface area contributed by atoms with E-state index in [0.717, 1.165) is 20.8 Å². The third-order valence-corrected chi connectivity index (χ3v) is 3.59. The summed E-state index contributed by atoms with van der Waals surface area (Å²) in [5.41, 5.74) is 3.91. The Morgan fingerprint density at radius 2 is 1.95 bits per heavy atom. The van der Waals surface area contributed by atoms with Gasteiger partial charge in [0.25, 0.3) is 5.91 Å². The van der Waals surface area contributed by atoms with Crippen molar-refractivity contribution in [2.24, 2.45) is 5.10 Å². The standard InChI is InChI=1S/C17H12BrN3O/c18-15-8-14(9-19-11-15)17(22)21-20-10-13-6-3-5-12-4-1-2-7-16(12)13/h1-11H,(H,21,22)/b20-10-. The molecule has 0 unspecified atom stereocenters. The Bertz CT molecular complexity index is 856. The number of halogens is 1. The van der Waals surface area contributed by atoms with Crippen LogP contribution in [0.15, 0.2) is 70.5 Å². The quantitative estimate of drug-likeness (QED) is 0.575. The molecule has 1 heterocycles. The van der Waals surface area contributed by atoms with E-state index in [1.54, 1.807) is 18.5 Å². The normalized spacial score (nSPS) is 11.0. The smallest absolute Gasteiger partial charge is 0.267 e. The summed E-state index contributed by atoms with van der Waals surface area (Å²) in [7, 11) is 0. The molecule has 1 N–H and O–H groups in total. The number of benzene rings is 2. The van der Waals surface area contributed by atoms with E-state index in [4.69, 9.17) is 0 Å². The van der Waals surface area contributed by atoms with Gasteiger partial charge in [0, 0.05) is 22.4 Å². The number of pyridine rings is 1. The maximum atomic E-state index is 12.0. The number of nitrogens with zero attached hydrogens (tertiary/aromatic N) is 2. The second-order valence-electron chi connectivity index (χ2n) is 4.66. The predicted molar refractivity (Wildman–Crippen MR) is 90.9 cm³/mol. The zero-order valence-electron chi connectivity index (χ0n) is 11.5. The minimum atomic E-state index is -0.301. The molecular weight excluding hydrogens is 342 g/mol. The van der Waals surface area contributed by atoms with Gasteiger partial charge in [-0.2, -0.15) is 5.10 Å². The van der Waals surface area contributed by atoms with Gasteiger partial charge in [-0.1, -0.05) is 42.5 Å². The van der Waals surface area contributed by atoms with Crippen molar-refractivity contribution in [2.45, 2.75) is 0 Å². The van der Waals surface area contributed by atoms with Gasteiger partial charge < -0.3 is 0 Å². The van der Waals surface area contributed by atoms with Crippen molar-refractivity contribution in [3.8, 4) is 0 Å². The van der Waals surface area contributed by atoms with E-state index >= 15 is 0 Å². The van der Waals surface area contributed by atoms with Crippen LogP contribution in [0.5, 0.6) is 0 Å². The first-order valence-electron chi connectivity index (χ1n) is 6.66. The number of hydrazone groups is 1. The van der Waals surface area contributed by atoms with Gasteiger partial charge in [-0.05, 0) is 32.8 Å². The second-order valence-corrected chi connectivity index (χ2v) is 5.58. The molecule has 1 aromatic heterocycles. The Hall–Kier alpha value is -2.53. The molecule has 0 radical (unpaired) electrons. The third-order valence-electron chi connectivity index (χ3n) is 3.16. The van der Waals surface area contributed by atoms with Crippen molar-refractivity contribution in [1.82, 2.24) is 10.4 Å². The van der Waals surface area contributed by atoms with Gasteiger partial charge in [0.1, 0.15) is 0 Å². The Morgan fingerprint density at radius 3 is 2.82 bits per heavy atom. The van der Waals surface area contributed by atoms with Crippen LogP contribution < -0.4 is 5.43 Å². The molecule has 0 saturated heterocycles. The summed E-state index contributed by atoms with van der Waals surface area (Å²) in [6, 6.07) is 15.7. The first-order chi connectivity index (χ1) is 10.7. The van der Waals surface area contributed by atoms with Crippen molar-refractivity contribution in [2.75, 3.05) is 0 Å². The van der Waals surface area contributed by atoms with Gasteiger partial charge in [0.05, 0.1) is 11.8 Å². The fourth-order valence-electron chi connectivity index (χ4n) is 2.12. The summed E-state index contributed by atoms with van der Waals surface area (Å²) in [5, 5.41) is 6.25. The van der Waals surface area contributed by atoms with Gasteiger partial charge in [-0.3, -0.25) is 9.78 Å². The minimum Gasteiger partial charge on any atom is -0.267 e. The van der Waals surface area contributed by atoms with Crippen molar-refractivity contribution >= 4 is 38.8 Å². The monoisotopic (exact) mass is 353 g/mol. The number of carbonyl (C=O) groups is 1. The highest BCUT2D eigenvalue weighted by Gasteiger charge is 2.05. The molecule has 1 amide bonds. The number of aromatic nitrogens is 1. The van der Waals surface area contributed by atoms with Crippen LogP contribution in [0.3, 0.4) is 0 Å². The van der Waals surface area contributed by atoms with Crippen LogP contribution in [-0.2, 0) is 0 Å². The molecule has 0 saturated carbocycles. The molecule has 0 aliphatic heterocycles. The summed E-state index contributed by atoms with van der Waals surface area (Å²) in [6.45, 7) is 0. The maximum Gasteiger partial charge on any atom is 0.272 e. The number of nitrogens with one attached hydrogen (secondary N) is 1. The molecular formula is C17H12BrN3O. The average molecular weight is 354 g/mol. The Labute approximate surface area is 136 Å². The van der Waals surface area contributed by atoms with Gasteiger partial charge in [-0.15, -0.1) is 0 Å². The first kappa shape index (κ1) is 14.4. The molecule has 5 heteroatoms. The number of hydrogen-bond acceptors (Lipinski definition) is 3. The molecule has 0 bridgehead atoms. The van der Waals surface area contributed by atoms with Crippen molar-refractivity contribution in [3.05, 3.63) is 76.5 Å². The zero-order valence-corrected chi connectivity index (χ0v) is 13.1. The summed E-state index contributed by atoms with van der Waals surface area (Å²) in [5.74, 6) is -0.301. The maximum absolute atomic E-state index is 12.0. The van der Waals surface area contributed by atoms with Crippen LogP contribution in [0.25, 0.3) is 10.8 Å². The van der Waals surface area contributed by atoms with Crippen molar-refractivity contribution in [1.29, 1.82) is 0 Å². The molecule has 108 valence electrons. The van der Waals surface area contributed by atoms with E-state index in [9.17, 15) is 4.79 Å². The zero-order chi connectivity index (χ0) is 15.4. The SMILES string of the molecule is O=C(N/N=C\c1cccc2ccccc12)c1cncc(Br)c1. The highest BCUT2D eigenvalue weighted by Crippen LogP contribution is 2.16. The number of rotatable bonds is 3. The lowest BCUT2D eigenvalue weighted by atomic mass is 10.1. The number of amides is 1. The van der Waals surface area contributed by atoms with Gasteiger partial charge in [0.2, 0.25) is 0 Å². The lowest BCUT2D eigenvalue weighted by Gasteiger charge is -2.02. The molecule has 0 aliphatic carbocycles. The Kier molecular flexibility index (Phi) is 4.25. The molecule has 3 rings (SSSR count). The fraction of sp³-hybridized carbons (Fsp3) is 0. The van der Waals surface area contributed by atoms with E-state index in [-0.39, 0.29) is 5.91 Å². The third kappa shape index (κ3) is 3.20. The largest absolute Gasteiger partial charge is 0.272 e. The first-order valence-corrected chi connectivity index (χ1v) is 7.45. The molecule has 4 nitrogen and oxygen atoms in total. The summed E-state index contributed by atoms with van der Waals surface area (Å²) >= 11 is 3.28. The molecule has 0 fully saturated rings. The van der Waals surface area contributed by atoms with Crippen molar-refractivity contribution in [3.63, 3.8) is 0 Å². The molecule has 2 aromatic carbocycles. The van der Waals surface area contributed by atoms with Gasteiger partial charge in [-0.25, -0.2) is 5.43 Å². The summed E-state index contributed by atoms with van der Waals surface area (Å²) < 4.78 is 0.748. The lowest BCUT2D eigenvalue weighted by molar-refractivity contribution is 0.0954. The van der Waals surface area contributed by atoms with Gasteiger partial charge >= 0.3 is 0 Å². The summed E-state index contributed by atoms with van der Waals surface area (Å²) in [6.07, 6.45) is 4.76. The number of carbonyl (C=O) groups excluding carboxylic acids is 1. The van der Waals surface area contributed by atoms with Crippen LogP contribution in [0, 0.1) is 0 Å². The van der Waals surface area contributed by atoms with E-state index in [2.05, 4.69) is 31.4 Å². The Morgan fingerprint density at radius 1 is 1.14 bits per heavy atom. The number of fused-ring (bicyclic) bond motifs is 1. The van der Waals surface area contributed by atoms with Crippen LogP contribution in [-0.4, -0.2) is 17.1 Å². The van der Waals surface area contributed by atoms with E-state index in [1.807, 2.05) is 42.5 Å². The van der Waals surface area contributed by atoms with E-state index < -0.39 is 0 Å². The molecule has 3 aromatic rings. The number of hydrogen-bond donors (Lipinski definition) is 1. The van der Waals surface area contributed by atoms with Crippen molar-refractivity contribution < 1.29 is 4.79 Å². The second kappa shape index (κ2) is 6.49. The van der Waals surface area contributed by atoms with Crippen LogP contribution in [0.1, 0.15) is 15.9 Å². The van der Waals surface area contributed by atoms with E-state index in [0.29, 0.717) is 5.56 Å².